The molecule has 5 rings (SSSR count). The number of hydrogen-bond acceptors (Lipinski definition) is 6. The van der Waals surface area contributed by atoms with E-state index in [9.17, 15) is 14.0 Å². The first-order chi connectivity index (χ1) is 17.7. The van der Waals surface area contributed by atoms with Crippen molar-refractivity contribution in [2.24, 2.45) is 0 Å². The molecule has 0 spiro atoms. The fourth-order valence-corrected chi connectivity index (χ4v) is 6.62. The second kappa shape index (κ2) is 10.1. The van der Waals surface area contributed by atoms with E-state index in [1.807, 2.05) is 17.9 Å². The zero-order valence-corrected chi connectivity index (χ0v) is 22.0. The molecule has 1 amide bonds. The average Bonchev–Trinajstić information content (AvgIpc) is 2.89. The summed E-state index contributed by atoms with van der Waals surface area (Å²) >= 11 is 7.54. The van der Waals surface area contributed by atoms with Gasteiger partial charge < -0.3 is 14.5 Å². The van der Waals surface area contributed by atoms with E-state index < -0.39 is 17.3 Å². The van der Waals surface area contributed by atoms with Crippen molar-refractivity contribution in [2.45, 2.75) is 17.9 Å². The number of carbonyl (C=O) groups excluding carboxylic acids is 1. The quantitative estimate of drug-likeness (QED) is 0.348. The molecule has 2 aromatic carbocycles. The summed E-state index contributed by atoms with van der Waals surface area (Å²) in [7, 11) is 1.57. The van der Waals surface area contributed by atoms with Crippen molar-refractivity contribution in [1.29, 1.82) is 0 Å². The van der Waals surface area contributed by atoms with Gasteiger partial charge in [0.2, 0.25) is 5.91 Å². The Balaban J connectivity index is 1.74. The molecule has 0 radical (unpaired) electrons. The number of halogens is 3. The summed E-state index contributed by atoms with van der Waals surface area (Å²) in [4.78, 5) is 34.4. The monoisotopic (exact) mass is 546 g/mol. The third-order valence-electron chi connectivity index (χ3n) is 6.83. The molecule has 0 N–H and O–H groups in total. The smallest absolute Gasteiger partial charge is 0.350 e. The predicted molar refractivity (Wildman–Crippen MR) is 142 cm³/mol. The Kier molecular flexibility index (Phi) is 6.99. The molecule has 2 aliphatic rings. The molecule has 11 heteroatoms. The fraction of sp³-hybridized carbons (Fsp3) is 0.346. The van der Waals surface area contributed by atoms with Crippen LogP contribution in [-0.2, 0) is 9.53 Å². The maximum Gasteiger partial charge on any atom is 0.350 e. The largest absolute Gasteiger partial charge is 0.383 e. The molecule has 1 aromatic heterocycles. The Bertz CT molecular complexity index is 1490. The highest BCUT2D eigenvalue weighted by atomic mass is 35.5. The highest BCUT2D eigenvalue weighted by Crippen LogP contribution is 2.46. The lowest BCUT2D eigenvalue weighted by molar-refractivity contribution is -0.126. The molecule has 3 aromatic rings. The van der Waals surface area contributed by atoms with Crippen LogP contribution in [0.1, 0.15) is 11.6 Å². The summed E-state index contributed by atoms with van der Waals surface area (Å²) in [6, 6.07) is 3.70. The number of aryl methyl sites for hydroxylation is 1. The van der Waals surface area contributed by atoms with Gasteiger partial charge in [-0.25, -0.2) is 13.6 Å². The van der Waals surface area contributed by atoms with Crippen LogP contribution in [0.5, 0.6) is 0 Å². The second-order valence-electron chi connectivity index (χ2n) is 9.06. The van der Waals surface area contributed by atoms with Crippen LogP contribution >= 0.6 is 23.4 Å². The van der Waals surface area contributed by atoms with E-state index in [1.54, 1.807) is 16.6 Å². The van der Waals surface area contributed by atoms with Gasteiger partial charge in [0.05, 0.1) is 23.2 Å². The molecule has 0 aliphatic carbocycles. The first kappa shape index (κ1) is 25.7. The number of carbonyl (C=O) groups is 1. The molecule has 7 nitrogen and oxygen atoms in total. The first-order valence-electron chi connectivity index (χ1n) is 11.8. The van der Waals surface area contributed by atoms with Gasteiger partial charge in [0.15, 0.2) is 0 Å². The SMILES string of the molecule is C=CC(=O)N1CCN(c2nc(=O)n3c4c(c(-c5cc(Cl)c(F)cc5F)c(C)cc24)SC[C@@H]3COC)CC1. The van der Waals surface area contributed by atoms with E-state index in [0.717, 1.165) is 17.0 Å². The number of aromatic nitrogens is 2. The first-order valence-corrected chi connectivity index (χ1v) is 13.1. The van der Waals surface area contributed by atoms with Crippen LogP contribution in [0.25, 0.3) is 22.0 Å². The lowest BCUT2D eigenvalue weighted by Crippen LogP contribution is -2.49. The molecule has 1 fully saturated rings. The van der Waals surface area contributed by atoms with Gasteiger partial charge in [-0.15, -0.1) is 11.8 Å². The van der Waals surface area contributed by atoms with Crippen LogP contribution in [0, 0.1) is 18.6 Å². The van der Waals surface area contributed by atoms with Gasteiger partial charge in [0, 0.05) is 66.5 Å². The van der Waals surface area contributed by atoms with Crippen molar-refractivity contribution in [3.63, 3.8) is 0 Å². The number of amides is 1. The van der Waals surface area contributed by atoms with Crippen molar-refractivity contribution in [2.75, 3.05) is 50.5 Å². The molecule has 0 bridgehead atoms. The van der Waals surface area contributed by atoms with E-state index in [4.69, 9.17) is 16.3 Å². The summed E-state index contributed by atoms with van der Waals surface area (Å²) < 4.78 is 36.0. The number of piperazine rings is 1. The van der Waals surface area contributed by atoms with E-state index in [1.165, 1.54) is 23.9 Å². The summed E-state index contributed by atoms with van der Waals surface area (Å²) in [6.07, 6.45) is 1.29. The summed E-state index contributed by atoms with van der Waals surface area (Å²) in [5.74, 6) is -0.656. The third-order valence-corrected chi connectivity index (χ3v) is 8.36. The Labute approximate surface area is 221 Å². The number of rotatable bonds is 5. The number of methoxy groups -OCH3 is 1. The zero-order valence-electron chi connectivity index (χ0n) is 20.4. The van der Waals surface area contributed by atoms with E-state index in [-0.39, 0.29) is 22.5 Å². The van der Waals surface area contributed by atoms with Crippen LogP contribution in [0.2, 0.25) is 5.02 Å². The molecule has 0 saturated carbocycles. The minimum atomic E-state index is -0.833. The lowest BCUT2D eigenvalue weighted by Gasteiger charge is -2.36. The Morgan fingerprint density at radius 2 is 1.97 bits per heavy atom. The summed E-state index contributed by atoms with van der Waals surface area (Å²) in [6.45, 7) is 7.66. The van der Waals surface area contributed by atoms with E-state index in [2.05, 4.69) is 11.6 Å². The number of ether oxygens (including phenoxy) is 1. The van der Waals surface area contributed by atoms with E-state index in [0.29, 0.717) is 60.3 Å². The van der Waals surface area contributed by atoms with Crippen molar-refractivity contribution in [1.82, 2.24) is 14.5 Å². The molecular weight excluding hydrogens is 522 g/mol. The van der Waals surface area contributed by atoms with Gasteiger partial charge in [-0.2, -0.15) is 4.98 Å². The number of anilines is 1. The van der Waals surface area contributed by atoms with Crippen LogP contribution in [0.4, 0.5) is 14.6 Å². The number of hydrogen-bond donors (Lipinski definition) is 0. The van der Waals surface area contributed by atoms with Gasteiger partial charge in [-0.1, -0.05) is 18.2 Å². The van der Waals surface area contributed by atoms with Crippen LogP contribution in [0.15, 0.2) is 40.5 Å². The number of thioether (sulfide) groups is 1. The maximum absolute atomic E-state index is 15.1. The average molecular weight is 547 g/mol. The maximum atomic E-state index is 15.1. The highest BCUT2D eigenvalue weighted by molar-refractivity contribution is 7.99. The molecule has 2 aliphatic heterocycles. The number of benzene rings is 2. The fourth-order valence-electron chi connectivity index (χ4n) is 5.09. The van der Waals surface area contributed by atoms with Crippen LogP contribution < -0.4 is 10.6 Å². The third kappa shape index (κ3) is 4.41. The van der Waals surface area contributed by atoms with Gasteiger partial charge in [-0.05, 0) is 30.7 Å². The van der Waals surface area contributed by atoms with Gasteiger partial charge >= 0.3 is 5.69 Å². The molecule has 0 unspecified atom stereocenters. The molecule has 37 heavy (non-hydrogen) atoms. The van der Waals surface area contributed by atoms with Crippen molar-refractivity contribution < 1.29 is 18.3 Å². The van der Waals surface area contributed by atoms with E-state index >= 15 is 4.39 Å². The zero-order chi connectivity index (χ0) is 26.4. The Morgan fingerprint density at radius 3 is 2.65 bits per heavy atom. The van der Waals surface area contributed by atoms with Crippen molar-refractivity contribution >= 4 is 46.0 Å². The Hall–Kier alpha value is -2.95. The molecule has 3 heterocycles. The minimum absolute atomic E-state index is 0.135. The minimum Gasteiger partial charge on any atom is -0.383 e. The molecule has 1 atom stereocenters. The second-order valence-corrected chi connectivity index (χ2v) is 10.5. The Morgan fingerprint density at radius 1 is 1.24 bits per heavy atom. The molecule has 194 valence electrons. The standard InChI is InChI=1S/C26H25ClF2N4O3S/c1-4-21(34)31-5-7-32(8-6-31)25-17-9-14(2)22(16-10-18(27)20(29)11-19(16)28)24-23(17)33(26(35)30-25)15(12-36-3)13-37-24/h4,9-11,15H,1,5-8,12-13H2,2-3H3/t15-/m0/s1. The molecular formula is C26H25ClF2N4O3S. The van der Waals surface area contributed by atoms with Crippen LogP contribution in [-0.4, -0.2) is 66.0 Å². The van der Waals surface area contributed by atoms with Crippen LogP contribution in [0.3, 0.4) is 0 Å². The van der Waals surface area contributed by atoms with Gasteiger partial charge in [-0.3, -0.25) is 9.36 Å². The van der Waals surface area contributed by atoms with Crippen molar-refractivity contribution in [3.8, 4) is 11.1 Å². The predicted octanol–water partition coefficient (Wildman–Crippen LogP) is 4.43. The van der Waals surface area contributed by atoms with Gasteiger partial charge in [0.25, 0.3) is 0 Å². The normalized spacial score (nSPS) is 17.4. The summed E-state index contributed by atoms with van der Waals surface area (Å²) in [5.41, 5.74) is 1.70. The topological polar surface area (TPSA) is 67.7 Å². The van der Waals surface area contributed by atoms with Crippen molar-refractivity contribution in [3.05, 3.63) is 63.6 Å². The molecule has 1 saturated heterocycles. The summed E-state index contributed by atoms with van der Waals surface area (Å²) in [5, 5.41) is 0.571. The lowest BCUT2D eigenvalue weighted by atomic mass is 9.96. The van der Waals surface area contributed by atoms with Gasteiger partial charge in [0.1, 0.15) is 17.5 Å². The number of nitrogens with zero attached hydrogens (tertiary/aromatic N) is 4. The highest BCUT2D eigenvalue weighted by Gasteiger charge is 2.31.